The van der Waals surface area contributed by atoms with Crippen LogP contribution in [-0.4, -0.2) is 11.8 Å². The predicted octanol–water partition coefficient (Wildman–Crippen LogP) is -2.57. The zero-order chi connectivity index (χ0) is 12.1. The SMILES string of the molecule is CC.CC1C(=O)[N-]c2ccccc2[N-]C1=O.[Rb+].[Rb+]. The molecule has 0 aliphatic carbocycles. The van der Waals surface area contributed by atoms with Gasteiger partial charge in [0.1, 0.15) is 0 Å². The molecule has 1 heterocycles. The topological polar surface area (TPSA) is 62.3 Å². The van der Waals surface area contributed by atoms with E-state index in [2.05, 4.69) is 10.6 Å². The molecule has 1 aliphatic heterocycles. The van der Waals surface area contributed by atoms with Crippen molar-refractivity contribution in [3.05, 3.63) is 34.9 Å². The average molecular weight is 389 g/mol. The first-order chi connectivity index (χ1) is 7.68. The molecular weight excluding hydrogens is 375 g/mol. The number of carbonyl (C=O) groups excluding carboxylic acids is 2. The molecule has 18 heavy (non-hydrogen) atoms. The van der Waals surface area contributed by atoms with Crippen molar-refractivity contribution in [2.45, 2.75) is 20.8 Å². The Hall–Kier alpha value is 1.77. The van der Waals surface area contributed by atoms with Crippen LogP contribution >= 0.6 is 0 Å². The molecule has 86 valence electrons. The molecule has 0 saturated heterocycles. The van der Waals surface area contributed by atoms with Crippen LogP contribution in [0.1, 0.15) is 20.8 Å². The molecule has 0 fully saturated rings. The summed E-state index contributed by atoms with van der Waals surface area (Å²) in [6, 6.07) is 6.85. The van der Waals surface area contributed by atoms with Crippen LogP contribution in [0.3, 0.4) is 0 Å². The third-order valence-corrected chi connectivity index (χ3v) is 2.08. The van der Waals surface area contributed by atoms with Gasteiger partial charge < -0.3 is 20.2 Å². The Morgan fingerprint density at radius 2 is 1.22 bits per heavy atom. The Balaban J connectivity index is 0. The van der Waals surface area contributed by atoms with Crippen molar-refractivity contribution < 1.29 is 126 Å². The van der Waals surface area contributed by atoms with Gasteiger partial charge in [-0.3, -0.25) is 0 Å². The van der Waals surface area contributed by atoms with E-state index in [1.807, 2.05) is 13.8 Å². The van der Waals surface area contributed by atoms with Gasteiger partial charge in [0.15, 0.2) is 0 Å². The maximum absolute atomic E-state index is 11.3. The van der Waals surface area contributed by atoms with Gasteiger partial charge >= 0.3 is 116 Å². The van der Waals surface area contributed by atoms with Crippen LogP contribution < -0.4 is 116 Å². The largest absolute Gasteiger partial charge is 1.00 e. The molecular formula is C12H14N2O2Rb2. The van der Waals surface area contributed by atoms with Crippen molar-refractivity contribution in [1.29, 1.82) is 0 Å². The maximum Gasteiger partial charge on any atom is 1.00 e. The van der Waals surface area contributed by atoms with Crippen LogP contribution in [0, 0.1) is 5.92 Å². The summed E-state index contributed by atoms with van der Waals surface area (Å²) in [4.78, 5) is 22.7. The number of fused-ring (bicyclic) bond motifs is 1. The Labute approximate surface area is 206 Å². The molecule has 2 rings (SSSR count). The van der Waals surface area contributed by atoms with Crippen LogP contribution in [0.4, 0.5) is 11.4 Å². The first-order valence-corrected chi connectivity index (χ1v) is 5.28. The second-order valence-corrected chi connectivity index (χ2v) is 3.11. The van der Waals surface area contributed by atoms with Crippen LogP contribution in [0.15, 0.2) is 24.3 Å². The summed E-state index contributed by atoms with van der Waals surface area (Å²) in [7, 11) is 0. The molecule has 6 heteroatoms. The Morgan fingerprint density at radius 3 is 1.56 bits per heavy atom. The number of amides is 2. The van der Waals surface area contributed by atoms with Gasteiger partial charge in [0.2, 0.25) is 0 Å². The van der Waals surface area contributed by atoms with Crippen LogP contribution in [-0.2, 0) is 9.59 Å². The fourth-order valence-corrected chi connectivity index (χ4v) is 1.19. The number of hydrogen-bond acceptors (Lipinski definition) is 2. The Morgan fingerprint density at radius 1 is 0.889 bits per heavy atom. The van der Waals surface area contributed by atoms with Crippen molar-refractivity contribution in [2.24, 2.45) is 5.92 Å². The van der Waals surface area contributed by atoms with Crippen molar-refractivity contribution in [3.63, 3.8) is 0 Å². The molecule has 1 aromatic carbocycles. The van der Waals surface area contributed by atoms with Gasteiger partial charge in [-0.25, -0.2) is 0 Å². The van der Waals surface area contributed by atoms with Crippen molar-refractivity contribution in [1.82, 2.24) is 0 Å². The summed E-state index contributed by atoms with van der Waals surface area (Å²) in [5.74, 6) is -1.62. The Bertz CT molecular complexity index is 374. The van der Waals surface area contributed by atoms with Gasteiger partial charge in [-0.15, -0.1) is 11.4 Å². The monoisotopic (exact) mass is 388 g/mol. The smallest absolute Gasteiger partial charge is 0.627 e. The van der Waals surface area contributed by atoms with Crippen molar-refractivity contribution in [3.8, 4) is 0 Å². The summed E-state index contributed by atoms with van der Waals surface area (Å²) >= 11 is 0. The molecule has 1 aliphatic rings. The van der Waals surface area contributed by atoms with Crippen LogP contribution in [0.5, 0.6) is 0 Å². The molecule has 0 saturated carbocycles. The van der Waals surface area contributed by atoms with Gasteiger partial charge in [-0.05, 0) is 0 Å². The van der Waals surface area contributed by atoms with Gasteiger partial charge in [-0.1, -0.05) is 45.0 Å². The minimum atomic E-state index is -0.762. The molecule has 0 radical (unpaired) electrons. The van der Waals surface area contributed by atoms with E-state index in [0.717, 1.165) is 0 Å². The summed E-state index contributed by atoms with van der Waals surface area (Å²) < 4.78 is 0. The zero-order valence-corrected chi connectivity index (χ0v) is 21.4. The average Bonchev–Trinajstić information content (AvgIpc) is 2.42. The third-order valence-electron chi connectivity index (χ3n) is 2.08. The van der Waals surface area contributed by atoms with E-state index in [1.165, 1.54) is 6.92 Å². The summed E-state index contributed by atoms with van der Waals surface area (Å²) in [5.41, 5.74) is 0.936. The second kappa shape index (κ2) is 11.4. The maximum atomic E-state index is 11.3. The number of rotatable bonds is 0. The fraction of sp³-hybridized carbons (Fsp3) is 0.333. The minimum absolute atomic E-state index is 0. The minimum Gasteiger partial charge on any atom is -0.627 e. The summed E-state index contributed by atoms with van der Waals surface area (Å²) in [6.45, 7) is 5.52. The normalized spacial score (nSPS) is 13.3. The van der Waals surface area contributed by atoms with E-state index in [4.69, 9.17) is 0 Å². The quantitative estimate of drug-likeness (QED) is 0.459. The molecule has 0 spiro atoms. The van der Waals surface area contributed by atoms with Gasteiger partial charge in [0, 0.05) is 5.92 Å². The molecule has 4 nitrogen and oxygen atoms in total. The van der Waals surface area contributed by atoms with Crippen LogP contribution in [0.25, 0.3) is 10.6 Å². The van der Waals surface area contributed by atoms with Gasteiger partial charge in [0.25, 0.3) is 0 Å². The van der Waals surface area contributed by atoms with Crippen LogP contribution in [0.2, 0.25) is 0 Å². The van der Waals surface area contributed by atoms with E-state index >= 15 is 0 Å². The van der Waals surface area contributed by atoms with Gasteiger partial charge in [-0.2, -0.15) is 0 Å². The molecule has 0 aromatic heterocycles. The van der Waals surface area contributed by atoms with E-state index in [-0.39, 0.29) is 116 Å². The number of nitrogens with zero attached hydrogens (tertiary/aromatic N) is 2. The van der Waals surface area contributed by atoms with Crippen molar-refractivity contribution >= 4 is 23.2 Å². The summed E-state index contributed by atoms with van der Waals surface area (Å²) in [6.07, 6.45) is 0. The standard InChI is InChI=1S/C10H10N2O2.C2H6.2Rb/c1-6-9(13)11-7-4-2-3-5-8(7)12-10(6)14;1-2;;/h2-6H,1H3,(H2,11,12,13,14);1-2H3;;/q;;2*+1/p-2. The van der Waals surface area contributed by atoms with E-state index < -0.39 is 17.7 Å². The number of carbonyl (C=O) groups is 2. The molecule has 2 amide bonds. The number of para-hydroxylation sites is 2. The second-order valence-electron chi connectivity index (χ2n) is 3.11. The molecule has 1 aromatic rings. The Kier molecular flexibility index (Phi) is 14.0. The molecule has 0 N–H and O–H groups in total. The first kappa shape index (κ1) is 22.1. The third kappa shape index (κ3) is 6.04. The van der Waals surface area contributed by atoms with Crippen molar-refractivity contribution in [2.75, 3.05) is 0 Å². The molecule has 0 bridgehead atoms. The van der Waals surface area contributed by atoms with E-state index in [0.29, 0.717) is 11.4 Å². The molecule has 0 unspecified atom stereocenters. The fourth-order valence-electron chi connectivity index (χ4n) is 1.19. The first-order valence-electron chi connectivity index (χ1n) is 5.28. The van der Waals surface area contributed by atoms with E-state index in [1.54, 1.807) is 24.3 Å². The van der Waals surface area contributed by atoms with E-state index in [9.17, 15) is 9.59 Å². The zero-order valence-electron chi connectivity index (χ0n) is 11.6. The predicted molar refractivity (Wildman–Crippen MR) is 63.0 cm³/mol. The number of hydrogen-bond donors (Lipinski definition) is 0. The molecule has 0 atom stereocenters. The number of benzene rings is 1. The summed E-state index contributed by atoms with van der Waals surface area (Å²) in [5, 5.41) is 7.64. The van der Waals surface area contributed by atoms with Gasteiger partial charge in [0.05, 0.1) is 11.8 Å².